The average molecular weight is 1610 g/mol. The SMILES string of the molecule is CC.Cc1cc(C)c(C)cc1C.Cc1ccc(-c2ccc(C)c(C)c2)cc1C.Cc1ccc(C(=O)c2ccc(C)c(C)c2)cc1C.Cc1ccc(C(c2ccc(C)c(C)c2)(C(F)(F)F)C(F)(F)F)cc1C.Cc1ccc(Oc2ccc(C)c(C)c2)cc1C.Cc1ccc(Oc2cccc(Oc3ccc(C)c(C)c3)c2)cc1C.Cc1ccccc1. The van der Waals surface area contributed by atoms with Gasteiger partial charge in [0.2, 0.25) is 5.41 Å². The predicted octanol–water partition coefficient (Wildman–Crippen LogP) is 32.2. The van der Waals surface area contributed by atoms with Crippen molar-refractivity contribution >= 4 is 5.78 Å². The van der Waals surface area contributed by atoms with Gasteiger partial charge in [-0.05, 0) is 402 Å². The van der Waals surface area contributed by atoms with Gasteiger partial charge in [-0.25, -0.2) is 0 Å². The first-order valence-corrected chi connectivity index (χ1v) is 40.6. The quantitative estimate of drug-likeness (QED) is 0.0956. The van der Waals surface area contributed by atoms with Crippen LogP contribution in [0.2, 0.25) is 0 Å². The molecule has 0 heterocycles. The van der Waals surface area contributed by atoms with Crippen molar-refractivity contribution in [2.75, 3.05) is 0 Å². The van der Waals surface area contributed by atoms with Gasteiger partial charge in [-0.1, -0.05) is 189 Å². The molecule has 0 unspecified atom stereocenters. The molecule has 119 heavy (non-hydrogen) atoms. The molecule has 0 aliphatic carbocycles. The summed E-state index contributed by atoms with van der Waals surface area (Å²) in [5, 5.41) is 0. The zero-order valence-corrected chi connectivity index (χ0v) is 75.1. The number of hydrogen-bond acceptors (Lipinski definition) is 4. The lowest BCUT2D eigenvalue weighted by molar-refractivity contribution is -0.288. The van der Waals surface area contributed by atoms with Gasteiger partial charge in [0.1, 0.15) is 34.5 Å². The summed E-state index contributed by atoms with van der Waals surface area (Å²) < 4.78 is 102. The monoisotopic (exact) mass is 1610 g/mol. The Labute approximate surface area is 707 Å². The summed E-state index contributed by atoms with van der Waals surface area (Å²) in [6.07, 6.45) is -11.1. The Hall–Kier alpha value is -11.5. The van der Waals surface area contributed by atoms with E-state index in [1.165, 1.54) is 143 Å². The molecule has 0 spiro atoms. The first-order valence-electron chi connectivity index (χ1n) is 40.6. The summed E-state index contributed by atoms with van der Waals surface area (Å²) in [5.74, 6) is 5.09. The fourth-order valence-corrected chi connectivity index (χ4v) is 12.5. The van der Waals surface area contributed by atoms with Crippen LogP contribution in [-0.4, -0.2) is 18.1 Å². The molecule has 0 aromatic heterocycles. The fourth-order valence-electron chi connectivity index (χ4n) is 12.5. The number of carbonyl (C=O) groups excluding carboxylic acids is 1. The molecular formula is C109H122F6O4. The number of aryl methyl sites for hydroxylation is 25. The molecule has 624 valence electrons. The average Bonchev–Trinajstić information content (AvgIpc) is 0.713. The number of rotatable bonds is 11. The van der Waals surface area contributed by atoms with Crippen LogP contribution in [-0.2, 0) is 5.41 Å². The summed E-state index contributed by atoms with van der Waals surface area (Å²) in [4.78, 5) is 12.4. The first kappa shape index (κ1) is 96.3. The number of benzene rings is 13. The lowest BCUT2D eigenvalue weighted by Gasteiger charge is -2.38. The third-order valence-electron chi connectivity index (χ3n) is 22.1. The van der Waals surface area contributed by atoms with E-state index >= 15 is 0 Å². The molecule has 0 amide bonds. The van der Waals surface area contributed by atoms with Gasteiger partial charge in [0, 0.05) is 17.2 Å². The van der Waals surface area contributed by atoms with Gasteiger partial charge in [-0.15, -0.1) is 0 Å². The van der Waals surface area contributed by atoms with Gasteiger partial charge in [0.15, 0.2) is 5.78 Å². The number of ether oxygens (including phenoxy) is 3. The molecular weight excluding hydrogens is 1490 g/mol. The van der Waals surface area contributed by atoms with Crippen LogP contribution in [0.3, 0.4) is 0 Å². The van der Waals surface area contributed by atoms with Crippen LogP contribution in [0, 0.1) is 173 Å². The van der Waals surface area contributed by atoms with E-state index in [0.717, 1.165) is 81.0 Å². The Kier molecular flexibility index (Phi) is 35.5. The largest absolute Gasteiger partial charge is 0.457 e. The Morgan fingerprint density at radius 3 is 0.672 bits per heavy atom. The summed E-state index contributed by atoms with van der Waals surface area (Å²) in [6.45, 7) is 54.6. The molecule has 0 aliphatic rings. The van der Waals surface area contributed by atoms with Crippen molar-refractivity contribution in [3.8, 4) is 45.6 Å². The summed E-state index contributed by atoms with van der Waals surface area (Å²) in [6, 6.07) is 78.4. The van der Waals surface area contributed by atoms with Crippen molar-refractivity contribution in [3.05, 3.63) is 410 Å². The van der Waals surface area contributed by atoms with Crippen LogP contribution in [0.4, 0.5) is 26.3 Å². The van der Waals surface area contributed by atoms with Crippen LogP contribution in [0.1, 0.15) is 180 Å². The van der Waals surface area contributed by atoms with E-state index in [0.29, 0.717) is 22.3 Å². The van der Waals surface area contributed by atoms with Crippen LogP contribution >= 0.6 is 0 Å². The van der Waals surface area contributed by atoms with E-state index in [1.54, 1.807) is 13.8 Å². The Morgan fingerprint density at radius 1 is 0.210 bits per heavy atom. The lowest BCUT2D eigenvalue weighted by atomic mass is 9.71. The maximum atomic E-state index is 14.0. The maximum absolute atomic E-state index is 14.0. The second-order valence-corrected chi connectivity index (χ2v) is 31.3. The van der Waals surface area contributed by atoms with E-state index < -0.39 is 28.9 Å². The molecule has 0 saturated heterocycles. The van der Waals surface area contributed by atoms with Crippen molar-refractivity contribution < 1.29 is 45.3 Å². The Balaban J connectivity index is 0.000000220. The first-order chi connectivity index (χ1) is 56.0. The minimum absolute atomic E-state index is 0.0983. The molecule has 0 saturated carbocycles. The highest BCUT2D eigenvalue weighted by molar-refractivity contribution is 6.09. The van der Waals surface area contributed by atoms with Crippen molar-refractivity contribution in [1.82, 2.24) is 0 Å². The Morgan fingerprint density at radius 2 is 0.437 bits per heavy atom. The molecule has 4 nitrogen and oxygen atoms in total. The lowest BCUT2D eigenvalue weighted by Crippen LogP contribution is -2.54. The van der Waals surface area contributed by atoms with E-state index in [-0.39, 0.29) is 5.78 Å². The number of ketones is 1. The third-order valence-corrected chi connectivity index (χ3v) is 22.1. The summed E-state index contributed by atoms with van der Waals surface area (Å²) in [5.41, 5.74) is 27.5. The van der Waals surface area contributed by atoms with Gasteiger partial charge in [-0.2, -0.15) is 26.3 Å². The molecule has 10 heteroatoms. The van der Waals surface area contributed by atoms with Gasteiger partial charge >= 0.3 is 12.4 Å². The molecule has 13 aromatic rings. The molecule has 13 aromatic carbocycles. The molecule has 0 N–H and O–H groups in total. The highest BCUT2D eigenvalue weighted by Crippen LogP contribution is 2.56. The van der Waals surface area contributed by atoms with Crippen molar-refractivity contribution in [3.63, 3.8) is 0 Å². The van der Waals surface area contributed by atoms with Crippen molar-refractivity contribution in [2.24, 2.45) is 0 Å². The van der Waals surface area contributed by atoms with E-state index in [9.17, 15) is 31.1 Å². The third kappa shape index (κ3) is 27.3. The second kappa shape index (κ2) is 43.8. The maximum Gasteiger partial charge on any atom is 0.411 e. The molecule has 0 aliphatic heterocycles. The number of hydrogen-bond donors (Lipinski definition) is 0. The van der Waals surface area contributed by atoms with Gasteiger partial charge in [0.25, 0.3) is 0 Å². The number of halogens is 6. The van der Waals surface area contributed by atoms with E-state index in [2.05, 4.69) is 229 Å². The predicted molar refractivity (Wildman–Crippen MR) is 489 cm³/mol. The highest BCUT2D eigenvalue weighted by atomic mass is 19.4. The second-order valence-electron chi connectivity index (χ2n) is 31.3. The van der Waals surface area contributed by atoms with Crippen LogP contribution in [0.15, 0.2) is 249 Å². The molecule has 0 bridgehead atoms. The topological polar surface area (TPSA) is 44.8 Å². The van der Waals surface area contributed by atoms with Gasteiger partial charge < -0.3 is 14.2 Å². The molecule has 13 rings (SSSR count). The summed E-state index contributed by atoms with van der Waals surface area (Å²) >= 11 is 0. The number of alkyl halides is 6. The van der Waals surface area contributed by atoms with Crippen LogP contribution in [0.5, 0.6) is 34.5 Å². The van der Waals surface area contributed by atoms with E-state index in [4.69, 9.17) is 14.2 Å². The smallest absolute Gasteiger partial charge is 0.411 e. The zero-order chi connectivity index (χ0) is 88.6. The molecule has 0 radical (unpaired) electrons. The molecule has 0 fully saturated rings. The minimum Gasteiger partial charge on any atom is -0.457 e. The van der Waals surface area contributed by atoms with Crippen molar-refractivity contribution in [2.45, 2.75) is 205 Å². The zero-order valence-electron chi connectivity index (χ0n) is 75.1. The standard InChI is InChI=1S/C22H22O2.C19H18F6.C17H18O.C16H18O.C16H18.C10H14.C7H8.C2H6/c1-15-8-10-21(12-17(15)3)23-19-6-5-7-20(14-19)24-22-11-9-16(2)18(4)13-22;1-11-5-7-15(9-13(11)3)17(18(20,21)22,19(23,24)25)16-8-6-12(2)14(4)10-16;1-11-5-7-15(9-13(11)3)17(18)16-8-6-12(2)14(4)10-16;1-11-5-7-15(9-13(11)3)17-16-8-6-12(2)14(4)10-16;1-11-5-7-15(9-13(11)3)16-8-6-12(2)14(4)10-16;1-7-5-9(3)10(4)6-8(7)2;1-7-5-3-2-4-6-7;1-2/h5-14H,1-4H3;5-10H,1-4H3;5-10H,1-4H3;5-10H,1-4H3;5-10H,1-4H3;5-6H,1-4H3;2-6H,1H3;1-2H3. The normalized spacial score (nSPS) is 10.8. The van der Waals surface area contributed by atoms with Crippen LogP contribution < -0.4 is 14.2 Å². The van der Waals surface area contributed by atoms with Gasteiger partial charge in [-0.3, -0.25) is 4.79 Å². The summed E-state index contributed by atoms with van der Waals surface area (Å²) in [7, 11) is 0. The minimum atomic E-state index is -5.55. The number of carbonyl (C=O) groups is 1. The van der Waals surface area contributed by atoms with Crippen molar-refractivity contribution in [1.29, 1.82) is 0 Å². The van der Waals surface area contributed by atoms with Crippen LogP contribution in [0.25, 0.3) is 11.1 Å². The fraction of sp³-hybridized carbons (Fsp3) is 0.275. The highest BCUT2D eigenvalue weighted by Gasteiger charge is 2.72. The van der Waals surface area contributed by atoms with E-state index in [1.807, 2.05) is 143 Å². The van der Waals surface area contributed by atoms with Gasteiger partial charge in [0.05, 0.1) is 0 Å². The Bertz CT molecular complexity index is 5220. The molecule has 0 atom stereocenters.